The van der Waals surface area contributed by atoms with E-state index in [1.807, 2.05) is 24.3 Å². The van der Waals surface area contributed by atoms with E-state index in [1.54, 1.807) is 0 Å². The highest BCUT2D eigenvalue weighted by atomic mass is 35.5. The van der Waals surface area contributed by atoms with E-state index >= 15 is 0 Å². The van der Waals surface area contributed by atoms with Crippen molar-refractivity contribution in [3.05, 3.63) is 52.5 Å². The van der Waals surface area contributed by atoms with Gasteiger partial charge in [-0.05, 0) is 61.4 Å². The number of aryl methyl sites for hydroxylation is 2. The number of benzene rings is 2. The highest BCUT2D eigenvalue weighted by molar-refractivity contribution is 6.30. The first-order valence-electron chi connectivity index (χ1n) is 5.86. The number of hydrogen-bond donors (Lipinski definition) is 1. The third-order valence-corrected chi connectivity index (χ3v) is 3.47. The molecule has 90 valence electrons. The molecular weight excluding hydrogens is 244 g/mol. The molecule has 1 aromatic heterocycles. The zero-order valence-corrected chi connectivity index (χ0v) is 11.0. The Morgan fingerprint density at radius 3 is 2.39 bits per heavy atom. The molecule has 0 aliphatic heterocycles. The molecule has 0 bridgehead atoms. The molecule has 0 saturated heterocycles. The molecule has 2 nitrogen and oxygen atoms in total. The highest BCUT2D eigenvalue weighted by Gasteiger charge is 2.06. The van der Waals surface area contributed by atoms with Crippen molar-refractivity contribution in [2.24, 2.45) is 0 Å². The Bertz CT molecular complexity index is 672. The van der Waals surface area contributed by atoms with Crippen LogP contribution in [0, 0.1) is 13.8 Å². The largest absolute Gasteiger partial charge is 0.338 e. The van der Waals surface area contributed by atoms with Crippen LogP contribution in [0.15, 0.2) is 36.4 Å². The third kappa shape index (κ3) is 1.89. The molecule has 3 rings (SSSR count). The molecule has 0 fully saturated rings. The van der Waals surface area contributed by atoms with Crippen LogP contribution >= 0.6 is 11.6 Å². The van der Waals surface area contributed by atoms with Crippen LogP contribution in [-0.4, -0.2) is 9.97 Å². The number of hydrogen-bond acceptors (Lipinski definition) is 1. The van der Waals surface area contributed by atoms with Gasteiger partial charge in [-0.3, -0.25) is 0 Å². The number of imidazole rings is 1. The van der Waals surface area contributed by atoms with Crippen LogP contribution in [0.2, 0.25) is 5.02 Å². The minimum Gasteiger partial charge on any atom is -0.338 e. The molecule has 0 aliphatic rings. The Hall–Kier alpha value is -1.80. The number of nitrogens with one attached hydrogen (secondary N) is 1. The van der Waals surface area contributed by atoms with E-state index in [0.717, 1.165) is 27.4 Å². The van der Waals surface area contributed by atoms with E-state index in [2.05, 4.69) is 35.9 Å². The molecule has 18 heavy (non-hydrogen) atoms. The van der Waals surface area contributed by atoms with Gasteiger partial charge in [0.2, 0.25) is 0 Å². The van der Waals surface area contributed by atoms with Crippen LogP contribution < -0.4 is 0 Å². The SMILES string of the molecule is Cc1cc2nc(-c3ccc(Cl)cc3)[nH]c2cc1C. The summed E-state index contributed by atoms with van der Waals surface area (Å²) in [6, 6.07) is 11.9. The lowest BCUT2D eigenvalue weighted by Gasteiger charge is -1.97. The summed E-state index contributed by atoms with van der Waals surface area (Å²) in [7, 11) is 0. The number of fused-ring (bicyclic) bond motifs is 1. The van der Waals surface area contributed by atoms with Crippen molar-refractivity contribution in [1.82, 2.24) is 9.97 Å². The fraction of sp³-hybridized carbons (Fsp3) is 0.133. The predicted molar refractivity (Wildman–Crippen MR) is 76.0 cm³/mol. The van der Waals surface area contributed by atoms with E-state index < -0.39 is 0 Å². The topological polar surface area (TPSA) is 28.7 Å². The summed E-state index contributed by atoms with van der Waals surface area (Å²) >= 11 is 5.89. The van der Waals surface area contributed by atoms with Gasteiger partial charge in [-0.1, -0.05) is 11.6 Å². The van der Waals surface area contributed by atoms with Crippen molar-refractivity contribution in [1.29, 1.82) is 0 Å². The summed E-state index contributed by atoms with van der Waals surface area (Å²) < 4.78 is 0. The van der Waals surface area contributed by atoms with Crippen LogP contribution in [0.25, 0.3) is 22.4 Å². The number of aromatic nitrogens is 2. The quantitative estimate of drug-likeness (QED) is 0.682. The van der Waals surface area contributed by atoms with E-state index in [1.165, 1.54) is 11.1 Å². The third-order valence-electron chi connectivity index (χ3n) is 3.22. The summed E-state index contributed by atoms with van der Waals surface area (Å²) in [6.07, 6.45) is 0. The van der Waals surface area contributed by atoms with Crippen molar-refractivity contribution in [2.75, 3.05) is 0 Å². The summed E-state index contributed by atoms with van der Waals surface area (Å²) in [4.78, 5) is 7.96. The lowest BCUT2D eigenvalue weighted by molar-refractivity contribution is 1.34. The molecule has 3 aromatic rings. The van der Waals surface area contributed by atoms with Gasteiger partial charge in [-0.25, -0.2) is 4.98 Å². The van der Waals surface area contributed by atoms with Gasteiger partial charge < -0.3 is 4.98 Å². The molecule has 0 spiro atoms. The molecule has 0 aliphatic carbocycles. The summed E-state index contributed by atoms with van der Waals surface area (Å²) in [6.45, 7) is 4.21. The van der Waals surface area contributed by atoms with Gasteiger partial charge in [0.1, 0.15) is 5.82 Å². The zero-order chi connectivity index (χ0) is 12.7. The monoisotopic (exact) mass is 256 g/mol. The molecule has 0 radical (unpaired) electrons. The van der Waals surface area contributed by atoms with Gasteiger partial charge >= 0.3 is 0 Å². The van der Waals surface area contributed by atoms with Gasteiger partial charge in [0.15, 0.2) is 0 Å². The number of rotatable bonds is 1. The standard InChI is InChI=1S/C15H13ClN2/c1-9-7-13-14(8-10(9)2)18-15(17-13)11-3-5-12(16)6-4-11/h3-8H,1-2H3,(H,17,18). The zero-order valence-electron chi connectivity index (χ0n) is 10.3. The maximum Gasteiger partial charge on any atom is 0.138 e. The number of nitrogens with zero attached hydrogens (tertiary/aromatic N) is 1. The van der Waals surface area contributed by atoms with Crippen LogP contribution in [0.5, 0.6) is 0 Å². The molecule has 0 saturated carbocycles. The predicted octanol–water partition coefficient (Wildman–Crippen LogP) is 4.50. The van der Waals surface area contributed by atoms with Crippen LogP contribution in [0.3, 0.4) is 0 Å². The van der Waals surface area contributed by atoms with Gasteiger partial charge in [0.05, 0.1) is 11.0 Å². The summed E-state index contributed by atoms with van der Waals surface area (Å²) in [5.41, 5.74) is 5.66. The first-order valence-corrected chi connectivity index (χ1v) is 6.24. The van der Waals surface area contributed by atoms with E-state index in [4.69, 9.17) is 11.6 Å². The highest BCUT2D eigenvalue weighted by Crippen LogP contribution is 2.23. The van der Waals surface area contributed by atoms with Crippen molar-refractivity contribution >= 4 is 22.6 Å². The summed E-state index contributed by atoms with van der Waals surface area (Å²) in [5, 5.41) is 0.738. The van der Waals surface area contributed by atoms with Crippen molar-refractivity contribution in [2.45, 2.75) is 13.8 Å². The smallest absolute Gasteiger partial charge is 0.138 e. The van der Waals surface area contributed by atoms with Crippen LogP contribution in [-0.2, 0) is 0 Å². The summed E-state index contributed by atoms with van der Waals surface area (Å²) in [5.74, 6) is 0.881. The maximum atomic E-state index is 5.89. The Balaban J connectivity index is 2.16. The minimum absolute atomic E-state index is 0.738. The first-order chi connectivity index (χ1) is 8.63. The van der Waals surface area contributed by atoms with Gasteiger partial charge in [0.25, 0.3) is 0 Å². The normalized spacial score (nSPS) is 11.1. The average Bonchev–Trinajstić information content (AvgIpc) is 2.73. The van der Waals surface area contributed by atoms with E-state index in [0.29, 0.717) is 0 Å². The second-order valence-electron chi connectivity index (χ2n) is 4.55. The maximum absolute atomic E-state index is 5.89. The van der Waals surface area contributed by atoms with Gasteiger partial charge in [-0.15, -0.1) is 0 Å². The Kier molecular flexibility index (Phi) is 2.60. The lowest BCUT2D eigenvalue weighted by Crippen LogP contribution is -1.79. The number of aromatic amines is 1. The van der Waals surface area contributed by atoms with Crippen molar-refractivity contribution in [3.63, 3.8) is 0 Å². The molecular formula is C15H13ClN2. The Labute approximate surface area is 111 Å². The molecule has 2 aromatic carbocycles. The molecule has 0 unspecified atom stereocenters. The second-order valence-corrected chi connectivity index (χ2v) is 4.98. The number of H-pyrrole nitrogens is 1. The van der Waals surface area contributed by atoms with Gasteiger partial charge in [-0.2, -0.15) is 0 Å². The molecule has 1 heterocycles. The van der Waals surface area contributed by atoms with Gasteiger partial charge in [0, 0.05) is 10.6 Å². The fourth-order valence-corrected chi connectivity index (χ4v) is 2.14. The first kappa shape index (κ1) is 11.3. The van der Waals surface area contributed by atoms with E-state index in [-0.39, 0.29) is 0 Å². The lowest BCUT2D eigenvalue weighted by atomic mass is 10.1. The molecule has 0 amide bonds. The minimum atomic E-state index is 0.738. The van der Waals surface area contributed by atoms with Crippen molar-refractivity contribution in [3.8, 4) is 11.4 Å². The van der Waals surface area contributed by atoms with Crippen LogP contribution in [0.1, 0.15) is 11.1 Å². The van der Waals surface area contributed by atoms with Crippen LogP contribution in [0.4, 0.5) is 0 Å². The van der Waals surface area contributed by atoms with E-state index in [9.17, 15) is 0 Å². The van der Waals surface area contributed by atoms with Crippen molar-refractivity contribution < 1.29 is 0 Å². The Morgan fingerprint density at radius 1 is 1.00 bits per heavy atom. The molecule has 3 heteroatoms. The molecule has 1 N–H and O–H groups in total. The fourth-order valence-electron chi connectivity index (χ4n) is 2.01. The molecule has 0 atom stereocenters. The number of halogens is 1. The Morgan fingerprint density at radius 2 is 1.67 bits per heavy atom. The second kappa shape index (κ2) is 4.14. The average molecular weight is 257 g/mol.